The minimum atomic E-state index is 0.666. The molecule has 2 nitrogen and oxygen atoms in total. The van der Waals surface area contributed by atoms with Crippen LogP contribution in [0.1, 0.15) is 51.9 Å². The van der Waals surface area contributed by atoms with Crippen LogP contribution in [0.15, 0.2) is 0 Å². The highest BCUT2D eigenvalue weighted by Crippen LogP contribution is 2.20. The first-order valence-electron chi connectivity index (χ1n) is 6.26. The van der Waals surface area contributed by atoms with Crippen LogP contribution in [0.25, 0.3) is 0 Å². The van der Waals surface area contributed by atoms with E-state index in [-0.39, 0.29) is 0 Å². The molecule has 1 fully saturated rings. The van der Waals surface area contributed by atoms with Crippen molar-refractivity contribution in [3.8, 4) is 0 Å². The molecule has 0 aromatic heterocycles. The molecule has 0 aliphatic carbocycles. The number of nitrogens with zero attached hydrogens (tertiary/aromatic N) is 1. The van der Waals surface area contributed by atoms with Crippen molar-refractivity contribution in [1.29, 1.82) is 0 Å². The van der Waals surface area contributed by atoms with Crippen molar-refractivity contribution < 1.29 is 0 Å². The number of hydrogen-bond donors (Lipinski definition) is 1. The number of thiocarbonyl (C=S) groups is 1. The lowest BCUT2D eigenvalue weighted by Crippen LogP contribution is -2.40. The van der Waals surface area contributed by atoms with E-state index in [1.54, 1.807) is 0 Å². The molecule has 0 aromatic rings. The third kappa shape index (κ3) is 4.94. The summed E-state index contributed by atoms with van der Waals surface area (Å²) in [7, 11) is 0. The van der Waals surface area contributed by atoms with Gasteiger partial charge in [0.25, 0.3) is 0 Å². The SMILES string of the molecule is CCCC1CCCCN1CCCC(N)=S. The first-order valence-corrected chi connectivity index (χ1v) is 6.67. The number of rotatable bonds is 6. The Morgan fingerprint density at radius 2 is 2.27 bits per heavy atom. The molecule has 1 heterocycles. The quantitative estimate of drug-likeness (QED) is 0.709. The van der Waals surface area contributed by atoms with Crippen molar-refractivity contribution in [3.63, 3.8) is 0 Å². The Hall–Kier alpha value is -0.150. The van der Waals surface area contributed by atoms with Crippen molar-refractivity contribution >= 4 is 17.2 Å². The van der Waals surface area contributed by atoms with Gasteiger partial charge in [0, 0.05) is 6.04 Å². The number of piperidine rings is 1. The molecule has 1 aliphatic rings. The highest BCUT2D eigenvalue weighted by atomic mass is 32.1. The van der Waals surface area contributed by atoms with Crippen molar-refractivity contribution in [3.05, 3.63) is 0 Å². The van der Waals surface area contributed by atoms with Crippen molar-refractivity contribution in [1.82, 2.24) is 4.90 Å². The molecule has 1 saturated heterocycles. The van der Waals surface area contributed by atoms with E-state index in [1.165, 1.54) is 45.2 Å². The Kier molecular flexibility index (Phi) is 6.18. The molecule has 88 valence electrons. The average Bonchev–Trinajstić information content (AvgIpc) is 2.20. The predicted octanol–water partition coefficient (Wildman–Crippen LogP) is 2.71. The second-order valence-corrected chi connectivity index (χ2v) is 5.07. The van der Waals surface area contributed by atoms with Crippen LogP contribution in [0.2, 0.25) is 0 Å². The lowest BCUT2D eigenvalue weighted by Gasteiger charge is -2.35. The summed E-state index contributed by atoms with van der Waals surface area (Å²) in [5.74, 6) is 0. The summed E-state index contributed by atoms with van der Waals surface area (Å²) in [4.78, 5) is 3.31. The Balaban J connectivity index is 2.25. The summed E-state index contributed by atoms with van der Waals surface area (Å²) in [5.41, 5.74) is 5.51. The van der Waals surface area contributed by atoms with Gasteiger partial charge in [-0.2, -0.15) is 0 Å². The van der Waals surface area contributed by atoms with Gasteiger partial charge in [0.05, 0.1) is 4.99 Å². The molecule has 1 unspecified atom stereocenters. The fourth-order valence-corrected chi connectivity index (χ4v) is 2.62. The molecule has 1 atom stereocenters. The van der Waals surface area contributed by atoms with Crippen LogP contribution in [-0.2, 0) is 0 Å². The van der Waals surface area contributed by atoms with Crippen molar-refractivity contribution in [2.45, 2.75) is 57.9 Å². The average molecular weight is 228 g/mol. The van der Waals surface area contributed by atoms with Gasteiger partial charge in [0.1, 0.15) is 0 Å². The van der Waals surface area contributed by atoms with Crippen molar-refractivity contribution in [2.24, 2.45) is 5.73 Å². The predicted molar refractivity (Wildman–Crippen MR) is 70.1 cm³/mol. The van der Waals surface area contributed by atoms with Crippen LogP contribution < -0.4 is 5.73 Å². The number of likely N-dealkylation sites (tertiary alicyclic amines) is 1. The first-order chi connectivity index (χ1) is 7.24. The standard InChI is InChI=1S/C12H24N2S/c1-2-6-11-7-3-4-9-14(11)10-5-8-12(13)15/h11H,2-10H2,1H3,(H2,13,15). The van der Waals surface area contributed by atoms with E-state index in [9.17, 15) is 0 Å². The fraction of sp³-hybridized carbons (Fsp3) is 0.917. The molecule has 1 rings (SSSR count). The summed E-state index contributed by atoms with van der Waals surface area (Å²) in [6.07, 6.45) is 8.87. The molecule has 3 heteroatoms. The molecule has 0 radical (unpaired) electrons. The van der Waals surface area contributed by atoms with Gasteiger partial charge >= 0.3 is 0 Å². The van der Waals surface area contributed by atoms with Gasteiger partial charge in [-0.15, -0.1) is 0 Å². The summed E-state index contributed by atoms with van der Waals surface area (Å²) in [6, 6.07) is 0.829. The Bertz CT molecular complexity index is 192. The second-order valence-electron chi connectivity index (χ2n) is 4.54. The van der Waals surface area contributed by atoms with Crippen LogP contribution >= 0.6 is 12.2 Å². The van der Waals surface area contributed by atoms with Crippen molar-refractivity contribution in [2.75, 3.05) is 13.1 Å². The normalized spacial score (nSPS) is 22.9. The Morgan fingerprint density at radius 1 is 1.47 bits per heavy atom. The maximum absolute atomic E-state index is 5.51. The highest BCUT2D eigenvalue weighted by Gasteiger charge is 2.20. The molecule has 2 N–H and O–H groups in total. The smallest absolute Gasteiger partial charge is 0.0727 e. The number of nitrogens with two attached hydrogens (primary N) is 1. The van der Waals surface area contributed by atoms with Gasteiger partial charge in [-0.05, 0) is 45.2 Å². The Labute approximate surface area is 99.2 Å². The highest BCUT2D eigenvalue weighted by molar-refractivity contribution is 7.80. The monoisotopic (exact) mass is 228 g/mol. The summed E-state index contributed by atoms with van der Waals surface area (Å²) >= 11 is 4.90. The molecular formula is C12H24N2S. The minimum absolute atomic E-state index is 0.666. The molecule has 0 saturated carbocycles. The fourth-order valence-electron chi connectivity index (χ4n) is 2.47. The molecule has 15 heavy (non-hydrogen) atoms. The van der Waals surface area contributed by atoms with E-state index in [1.807, 2.05) is 0 Å². The van der Waals surface area contributed by atoms with Crippen LogP contribution in [-0.4, -0.2) is 29.0 Å². The van der Waals surface area contributed by atoms with Gasteiger partial charge in [0.2, 0.25) is 0 Å². The van der Waals surface area contributed by atoms with Crippen LogP contribution in [0, 0.1) is 0 Å². The molecule has 1 aliphatic heterocycles. The maximum atomic E-state index is 5.51. The molecule has 0 aromatic carbocycles. The Morgan fingerprint density at radius 3 is 2.93 bits per heavy atom. The van der Waals surface area contributed by atoms with Crippen LogP contribution in [0.4, 0.5) is 0 Å². The van der Waals surface area contributed by atoms with Gasteiger partial charge < -0.3 is 10.6 Å². The molecule has 0 amide bonds. The summed E-state index contributed by atoms with van der Waals surface area (Å²) in [5, 5.41) is 0. The van der Waals surface area contributed by atoms with Gasteiger partial charge in [-0.3, -0.25) is 0 Å². The number of hydrogen-bond acceptors (Lipinski definition) is 2. The van der Waals surface area contributed by atoms with Gasteiger partial charge in [-0.25, -0.2) is 0 Å². The summed E-state index contributed by atoms with van der Waals surface area (Å²) in [6.45, 7) is 4.74. The van der Waals surface area contributed by atoms with E-state index in [0.29, 0.717) is 4.99 Å². The maximum Gasteiger partial charge on any atom is 0.0727 e. The molecule has 0 spiro atoms. The van der Waals surface area contributed by atoms with Crippen LogP contribution in [0.5, 0.6) is 0 Å². The zero-order chi connectivity index (χ0) is 11.1. The third-order valence-electron chi connectivity index (χ3n) is 3.24. The van der Waals surface area contributed by atoms with E-state index < -0.39 is 0 Å². The third-order valence-corrected chi connectivity index (χ3v) is 3.44. The molecule has 0 bridgehead atoms. The van der Waals surface area contributed by atoms with Crippen LogP contribution in [0.3, 0.4) is 0 Å². The largest absolute Gasteiger partial charge is 0.393 e. The van der Waals surface area contributed by atoms with Gasteiger partial charge in [0.15, 0.2) is 0 Å². The lowest BCUT2D eigenvalue weighted by molar-refractivity contribution is 0.139. The van der Waals surface area contributed by atoms with E-state index >= 15 is 0 Å². The van der Waals surface area contributed by atoms with E-state index in [2.05, 4.69) is 11.8 Å². The zero-order valence-corrected chi connectivity index (χ0v) is 10.7. The van der Waals surface area contributed by atoms with Gasteiger partial charge in [-0.1, -0.05) is 32.0 Å². The van der Waals surface area contributed by atoms with E-state index in [0.717, 1.165) is 18.9 Å². The topological polar surface area (TPSA) is 29.3 Å². The lowest BCUT2D eigenvalue weighted by atomic mass is 9.98. The first kappa shape index (κ1) is 12.9. The zero-order valence-electron chi connectivity index (χ0n) is 9.87. The molecular weight excluding hydrogens is 204 g/mol. The minimum Gasteiger partial charge on any atom is -0.393 e. The van der Waals surface area contributed by atoms with E-state index in [4.69, 9.17) is 18.0 Å². The second kappa shape index (κ2) is 7.18. The summed E-state index contributed by atoms with van der Waals surface area (Å²) < 4.78 is 0.